The molecule has 0 unspecified atom stereocenters. The number of methoxy groups -OCH3 is 1. The van der Waals surface area contributed by atoms with E-state index in [1.165, 1.54) is 5.56 Å². The number of hydrogen-bond acceptors (Lipinski definition) is 4. The third kappa shape index (κ3) is 1.30. The van der Waals surface area contributed by atoms with Crippen molar-refractivity contribution < 1.29 is 4.74 Å². The van der Waals surface area contributed by atoms with Crippen LogP contribution in [0.15, 0.2) is 22.1 Å². The standard InChI is InChI=1S/C12H8BrN3OS/c1-17-7-3-2-6-4-9-10(8(6)5-7)14-12-16(9)15-11(13)18-12/h2-3,5H,4H2,1H3. The molecular formula is C12H8BrN3OS. The Morgan fingerprint density at radius 3 is 3.17 bits per heavy atom. The summed E-state index contributed by atoms with van der Waals surface area (Å²) in [5.41, 5.74) is 4.65. The number of rotatable bonds is 1. The van der Waals surface area contributed by atoms with Gasteiger partial charge in [0, 0.05) is 12.0 Å². The van der Waals surface area contributed by atoms with Gasteiger partial charge in [0.1, 0.15) is 5.75 Å². The molecule has 1 aliphatic rings. The zero-order valence-electron chi connectivity index (χ0n) is 9.48. The van der Waals surface area contributed by atoms with Crippen LogP contribution in [0, 0.1) is 0 Å². The summed E-state index contributed by atoms with van der Waals surface area (Å²) in [6.07, 6.45) is 0.881. The normalized spacial score (nSPS) is 12.8. The summed E-state index contributed by atoms with van der Waals surface area (Å²) in [4.78, 5) is 5.60. The van der Waals surface area contributed by atoms with Gasteiger partial charge in [-0.15, -0.1) is 5.10 Å². The fraction of sp³-hybridized carbons (Fsp3) is 0.167. The molecule has 90 valence electrons. The fourth-order valence-electron chi connectivity index (χ4n) is 2.38. The lowest BCUT2D eigenvalue weighted by Gasteiger charge is -2.02. The van der Waals surface area contributed by atoms with Crippen LogP contribution < -0.4 is 4.74 Å². The maximum Gasteiger partial charge on any atom is 0.213 e. The lowest BCUT2D eigenvalue weighted by Crippen LogP contribution is -1.91. The first kappa shape index (κ1) is 10.5. The Bertz CT molecular complexity index is 777. The highest BCUT2D eigenvalue weighted by atomic mass is 79.9. The highest BCUT2D eigenvalue weighted by Crippen LogP contribution is 2.39. The molecule has 4 rings (SSSR count). The summed E-state index contributed by atoms with van der Waals surface area (Å²) in [6, 6.07) is 6.14. The largest absolute Gasteiger partial charge is 0.497 e. The third-order valence-corrected chi connectivity index (χ3v) is 4.54. The van der Waals surface area contributed by atoms with Crippen LogP contribution in [0.3, 0.4) is 0 Å². The average molecular weight is 322 g/mol. The number of hydrogen-bond donors (Lipinski definition) is 0. The van der Waals surface area contributed by atoms with Gasteiger partial charge >= 0.3 is 0 Å². The summed E-state index contributed by atoms with van der Waals surface area (Å²) in [6.45, 7) is 0. The molecule has 0 atom stereocenters. The molecule has 2 aromatic heterocycles. The highest BCUT2D eigenvalue weighted by molar-refractivity contribution is 9.11. The molecule has 3 aromatic rings. The molecule has 0 bridgehead atoms. The van der Waals surface area contributed by atoms with Crippen molar-refractivity contribution in [2.45, 2.75) is 6.42 Å². The Kier molecular flexibility index (Phi) is 2.07. The van der Waals surface area contributed by atoms with E-state index in [0.717, 1.165) is 38.0 Å². The van der Waals surface area contributed by atoms with Crippen LogP contribution in [-0.4, -0.2) is 21.7 Å². The van der Waals surface area contributed by atoms with Gasteiger partial charge in [-0.3, -0.25) is 0 Å². The van der Waals surface area contributed by atoms with Crippen LogP contribution in [-0.2, 0) is 6.42 Å². The van der Waals surface area contributed by atoms with Crippen LogP contribution in [0.1, 0.15) is 11.3 Å². The monoisotopic (exact) mass is 321 g/mol. The number of nitrogens with zero attached hydrogens (tertiary/aromatic N) is 3. The van der Waals surface area contributed by atoms with E-state index < -0.39 is 0 Å². The summed E-state index contributed by atoms with van der Waals surface area (Å²) in [7, 11) is 1.68. The first-order chi connectivity index (χ1) is 8.76. The zero-order valence-corrected chi connectivity index (χ0v) is 11.9. The molecule has 18 heavy (non-hydrogen) atoms. The lowest BCUT2D eigenvalue weighted by atomic mass is 10.1. The van der Waals surface area contributed by atoms with E-state index in [2.05, 4.69) is 32.1 Å². The minimum absolute atomic E-state index is 0.862. The number of benzene rings is 1. The second-order valence-electron chi connectivity index (χ2n) is 4.16. The Morgan fingerprint density at radius 2 is 2.33 bits per heavy atom. The number of ether oxygens (including phenoxy) is 1. The third-order valence-electron chi connectivity index (χ3n) is 3.20. The molecule has 2 heterocycles. The summed E-state index contributed by atoms with van der Waals surface area (Å²) < 4.78 is 8.06. The minimum atomic E-state index is 0.862. The van der Waals surface area contributed by atoms with Crippen LogP contribution in [0.4, 0.5) is 0 Å². The van der Waals surface area contributed by atoms with E-state index in [9.17, 15) is 0 Å². The second kappa shape index (κ2) is 3.55. The quantitative estimate of drug-likeness (QED) is 0.540. The van der Waals surface area contributed by atoms with E-state index in [4.69, 9.17) is 4.74 Å². The predicted molar refractivity (Wildman–Crippen MR) is 73.4 cm³/mol. The van der Waals surface area contributed by atoms with Crippen LogP contribution in [0.25, 0.3) is 16.2 Å². The van der Waals surface area contributed by atoms with Gasteiger partial charge in [0.25, 0.3) is 0 Å². The highest BCUT2D eigenvalue weighted by Gasteiger charge is 2.26. The smallest absolute Gasteiger partial charge is 0.213 e. The predicted octanol–water partition coefficient (Wildman–Crippen LogP) is 3.13. The molecule has 0 fully saturated rings. The van der Waals surface area contributed by atoms with Crippen molar-refractivity contribution in [3.05, 3.63) is 33.4 Å². The van der Waals surface area contributed by atoms with Gasteiger partial charge in [-0.25, -0.2) is 9.50 Å². The van der Waals surface area contributed by atoms with Crippen LogP contribution >= 0.6 is 27.3 Å². The molecule has 6 heteroatoms. The van der Waals surface area contributed by atoms with Gasteiger partial charge in [0.15, 0.2) is 3.92 Å². The molecule has 1 aromatic carbocycles. The van der Waals surface area contributed by atoms with Crippen molar-refractivity contribution >= 4 is 32.2 Å². The summed E-state index contributed by atoms with van der Waals surface area (Å²) >= 11 is 4.94. The minimum Gasteiger partial charge on any atom is -0.497 e. The van der Waals surface area contributed by atoms with Crippen molar-refractivity contribution in [3.8, 4) is 17.0 Å². The first-order valence-corrected chi connectivity index (χ1v) is 7.08. The second-order valence-corrected chi connectivity index (χ2v) is 6.39. The summed E-state index contributed by atoms with van der Waals surface area (Å²) in [5, 5.41) is 4.43. The molecule has 0 radical (unpaired) electrons. The van der Waals surface area contributed by atoms with E-state index in [1.54, 1.807) is 18.4 Å². The average Bonchev–Trinajstić information content (AvgIpc) is 2.98. The van der Waals surface area contributed by atoms with E-state index in [0.29, 0.717) is 0 Å². The van der Waals surface area contributed by atoms with E-state index in [1.807, 2.05) is 16.6 Å². The number of imidazole rings is 1. The molecule has 0 aliphatic heterocycles. The maximum absolute atomic E-state index is 5.27. The Morgan fingerprint density at radius 1 is 1.44 bits per heavy atom. The fourth-order valence-corrected chi connectivity index (χ4v) is 3.62. The Hall–Kier alpha value is -1.40. The van der Waals surface area contributed by atoms with E-state index in [-0.39, 0.29) is 0 Å². The van der Waals surface area contributed by atoms with Gasteiger partial charge in [0.05, 0.1) is 18.5 Å². The molecule has 0 amide bonds. The number of halogens is 1. The molecule has 4 nitrogen and oxygen atoms in total. The number of fused-ring (bicyclic) bond motifs is 5. The van der Waals surface area contributed by atoms with Crippen molar-refractivity contribution in [2.75, 3.05) is 7.11 Å². The van der Waals surface area contributed by atoms with Crippen molar-refractivity contribution in [1.82, 2.24) is 14.6 Å². The van der Waals surface area contributed by atoms with Gasteiger partial charge in [-0.05, 0) is 33.6 Å². The lowest BCUT2D eigenvalue weighted by molar-refractivity contribution is 0.415. The SMILES string of the molecule is COc1ccc2c(c1)-c1nc3sc(Br)nn3c1C2. The topological polar surface area (TPSA) is 39.4 Å². The Labute approximate surface area is 115 Å². The molecule has 0 saturated carbocycles. The molecule has 0 saturated heterocycles. The van der Waals surface area contributed by atoms with Gasteiger partial charge in [-0.1, -0.05) is 17.4 Å². The van der Waals surface area contributed by atoms with Crippen molar-refractivity contribution in [1.29, 1.82) is 0 Å². The first-order valence-electron chi connectivity index (χ1n) is 5.47. The van der Waals surface area contributed by atoms with Gasteiger partial charge in [0.2, 0.25) is 4.96 Å². The maximum atomic E-state index is 5.27. The Balaban J connectivity index is 1.99. The zero-order chi connectivity index (χ0) is 12.3. The number of aromatic nitrogens is 3. The van der Waals surface area contributed by atoms with Crippen molar-refractivity contribution in [3.63, 3.8) is 0 Å². The van der Waals surface area contributed by atoms with Crippen LogP contribution in [0.5, 0.6) is 5.75 Å². The van der Waals surface area contributed by atoms with Crippen LogP contribution in [0.2, 0.25) is 0 Å². The molecule has 1 aliphatic carbocycles. The van der Waals surface area contributed by atoms with Gasteiger partial charge in [-0.2, -0.15) is 0 Å². The van der Waals surface area contributed by atoms with Gasteiger partial charge < -0.3 is 4.74 Å². The molecule has 0 spiro atoms. The van der Waals surface area contributed by atoms with Crippen molar-refractivity contribution in [2.24, 2.45) is 0 Å². The molecule has 0 N–H and O–H groups in total. The molecular weight excluding hydrogens is 314 g/mol. The van der Waals surface area contributed by atoms with E-state index >= 15 is 0 Å². The summed E-state index contributed by atoms with van der Waals surface area (Å²) in [5.74, 6) is 0.868.